The van der Waals surface area contributed by atoms with Gasteiger partial charge in [-0.2, -0.15) is 0 Å². The third-order valence-corrected chi connectivity index (χ3v) is 3.39. The van der Waals surface area contributed by atoms with Crippen LogP contribution >= 0.6 is 38.5 Å². The summed E-state index contributed by atoms with van der Waals surface area (Å²) in [7, 11) is 0. The summed E-state index contributed by atoms with van der Waals surface area (Å²) in [5.74, 6) is 4.60. The standard InChI is InChI=1S/C6H5BrIN3O/c7-4-1-3(6(12)11-9)2-10-5(4)8/h1-2H,9H2,(H,11,12). The van der Waals surface area contributed by atoms with Gasteiger partial charge in [0, 0.05) is 6.20 Å². The van der Waals surface area contributed by atoms with Crippen molar-refractivity contribution in [1.82, 2.24) is 10.4 Å². The van der Waals surface area contributed by atoms with Crippen LogP contribution in [0.15, 0.2) is 16.7 Å². The fourth-order valence-corrected chi connectivity index (χ4v) is 1.27. The number of hydrogen-bond donors (Lipinski definition) is 2. The molecule has 1 amide bonds. The van der Waals surface area contributed by atoms with Crippen molar-refractivity contribution >= 4 is 44.4 Å². The number of nitrogens with zero attached hydrogens (tertiary/aromatic N) is 1. The summed E-state index contributed by atoms with van der Waals surface area (Å²) in [6.45, 7) is 0. The molecule has 0 aliphatic heterocycles. The number of amides is 1. The molecule has 1 aromatic heterocycles. The van der Waals surface area contributed by atoms with Gasteiger partial charge < -0.3 is 0 Å². The molecule has 0 bridgehead atoms. The van der Waals surface area contributed by atoms with E-state index in [1.54, 1.807) is 6.07 Å². The van der Waals surface area contributed by atoms with Crippen molar-refractivity contribution in [3.8, 4) is 0 Å². The Kier molecular flexibility index (Phi) is 3.41. The topological polar surface area (TPSA) is 68.0 Å². The molecule has 0 radical (unpaired) electrons. The number of hydrazine groups is 1. The molecule has 3 N–H and O–H groups in total. The summed E-state index contributed by atoms with van der Waals surface area (Å²) in [5.41, 5.74) is 2.46. The number of carbonyl (C=O) groups is 1. The molecule has 0 atom stereocenters. The molecule has 12 heavy (non-hydrogen) atoms. The van der Waals surface area contributed by atoms with Gasteiger partial charge in [-0.1, -0.05) is 0 Å². The maximum absolute atomic E-state index is 11.0. The largest absolute Gasteiger partial charge is 0.290 e. The van der Waals surface area contributed by atoms with Crippen LogP contribution in [0, 0.1) is 3.70 Å². The van der Waals surface area contributed by atoms with E-state index >= 15 is 0 Å². The smallest absolute Gasteiger partial charge is 0.266 e. The quantitative estimate of drug-likeness (QED) is 0.264. The van der Waals surface area contributed by atoms with Crippen LogP contribution in [0.1, 0.15) is 10.4 Å². The van der Waals surface area contributed by atoms with Crippen LogP contribution in [-0.4, -0.2) is 10.9 Å². The molecule has 0 spiro atoms. The minimum Gasteiger partial charge on any atom is -0.290 e. The maximum Gasteiger partial charge on any atom is 0.266 e. The lowest BCUT2D eigenvalue weighted by molar-refractivity contribution is 0.0953. The van der Waals surface area contributed by atoms with Crippen LogP contribution in [0.5, 0.6) is 0 Å². The molecule has 0 aliphatic carbocycles. The Morgan fingerprint density at radius 1 is 1.75 bits per heavy atom. The number of halogens is 2. The monoisotopic (exact) mass is 341 g/mol. The number of rotatable bonds is 1. The van der Waals surface area contributed by atoms with Crippen molar-refractivity contribution in [1.29, 1.82) is 0 Å². The van der Waals surface area contributed by atoms with Gasteiger partial charge >= 0.3 is 0 Å². The molecule has 4 nitrogen and oxygen atoms in total. The Bertz CT molecular complexity index is 318. The van der Waals surface area contributed by atoms with Gasteiger partial charge in [-0.15, -0.1) is 0 Å². The maximum atomic E-state index is 11.0. The molecule has 0 aliphatic rings. The van der Waals surface area contributed by atoms with Gasteiger partial charge in [0.05, 0.1) is 10.0 Å². The van der Waals surface area contributed by atoms with E-state index in [1.807, 2.05) is 5.43 Å². The van der Waals surface area contributed by atoms with Crippen LogP contribution in [0.25, 0.3) is 0 Å². The lowest BCUT2D eigenvalue weighted by Crippen LogP contribution is -2.30. The third kappa shape index (κ3) is 2.14. The Morgan fingerprint density at radius 2 is 2.42 bits per heavy atom. The summed E-state index contributed by atoms with van der Waals surface area (Å²) in [6, 6.07) is 1.66. The summed E-state index contributed by atoms with van der Waals surface area (Å²) in [6.07, 6.45) is 1.47. The second kappa shape index (κ2) is 4.15. The van der Waals surface area contributed by atoms with E-state index in [-0.39, 0.29) is 5.91 Å². The van der Waals surface area contributed by atoms with Crippen molar-refractivity contribution in [2.75, 3.05) is 0 Å². The number of pyridine rings is 1. The second-order valence-corrected chi connectivity index (χ2v) is 3.85. The Labute approximate surface area is 91.2 Å². The van der Waals surface area contributed by atoms with Gasteiger partial charge in [0.25, 0.3) is 5.91 Å². The first-order valence-corrected chi connectivity index (χ1v) is 4.84. The minimum absolute atomic E-state index is 0.348. The normalized spacial score (nSPS) is 9.58. The zero-order valence-corrected chi connectivity index (χ0v) is 9.59. The molecule has 64 valence electrons. The molecule has 6 heteroatoms. The van der Waals surface area contributed by atoms with Gasteiger partial charge in [0.1, 0.15) is 3.70 Å². The second-order valence-electron chi connectivity index (χ2n) is 1.97. The number of hydrogen-bond acceptors (Lipinski definition) is 3. The van der Waals surface area contributed by atoms with Crippen LogP contribution < -0.4 is 11.3 Å². The fraction of sp³-hybridized carbons (Fsp3) is 0. The number of nitrogens with one attached hydrogen (secondary N) is 1. The Morgan fingerprint density at radius 3 is 2.92 bits per heavy atom. The van der Waals surface area contributed by atoms with Gasteiger partial charge in [0.2, 0.25) is 0 Å². The molecule has 1 rings (SSSR count). The minimum atomic E-state index is -0.348. The molecule has 0 aromatic carbocycles. The molecule has 0 fully saturated rings. The van der Waals surface area contributed by atoms with Crippen molar-refractivity contribution in [2.45, 2.75) is 0 Å². The summed E-state index contributed by atoms with van der Waals surface area (Å²) in [4.78, 5) is 14.9. The molecule has 0 saturated heterocycles. The molecule has 0 saturated carbocycles. The molecule has 1 aromatic rings. The molecule has 1 heterocycles. The number of nitrogen functional groups attached to an aromatic ring is 1. The summed E-state index contributed by atoms with van der Waals surface area (Å²) in [5, 5.41) is 0. The van der Waals surface area contributed by atoms with Crippen LogP contribution in [-0.2, 0) is 0 Å². The van der Waals surface area contributed by atoms with E-state index < -0.39 is 0 Å². The van der Waals surface area contributed by atoms with Gasteiger partial charge in [-0.3, -0.25) is 10.2 Å². The van der Waals surface area contributed by atoms with E-state index in [4.69, 9.17) is 5.84 Å². The highest BCUT2D eigenvalue weighted by atomic mass is 127. The van der Waals surface area contributed by atoms with Crippen molar-refractivity contribution in [3.63, 3.8) is 0 Å². The van der Waals surface area contributed by atoms with Gasteiger partial charge in [-0.05, 0) is 44.6 Å². The number of aromatic nitrogens is 1. The SMILES string of the molecule is NNC(=O)c1cnc(I)c(Br)c1. The summed E-state index contributed by atoms with van der Waals surface area (Å²) >= 11 is 5.31. The lowest BCUT2D eigenvalue weighted by Gasteiger charge is -2.00. The Balaban J connectivity index is 3.05. The van der Waals surface area contributed by atoms with E-state index in [2.05, 4.69) is 43.5 Å². The highest BCUT2D eigenvalue weighted by Gasteiger charge is 2.05. The first-order chi connectivity index (χ1) is 5.65. The average Bonchev–Trinajstić information content (AvgIpc) is 2.08. The lowest BCUT2D eigenvalue weighted by atomic mass is 10.3. The van der Waals surface area contributed by atoms with Crippen LogP contribution in [0.4, 0.5) is 0 Å². The van der Waals surface area contributed by atoms with Crippen LogP contribution in [0.2, 0.25) is 0 Å². The first kappa shape index (κ1) is 9.87. The van der Waals surface area contributed by atoms with Gasteiger partial charge in [-0.25, -0.2) is 10.8 Å². The Hall–Kier alpha value is -0.210. The van der Waals surface area contributed by atoms with E-state index in [0.717, 1.165) is 8.17 Å². The zero-order valence-electron chi connectivity index (χ0n) is 5.84. The fourth-order valence-electron chi connectivity index (χ4n) is 0.629. The first-order valence-electron chi connectivity index (χ1n) is 2.97. The third-order valence-electron chi connectivity index (χ3n) is 1.19. The van der Waals surface area contributed by atoms with Crippen molar-refractivity contribution in [2.24, 2.45) is 5.84 Å². The highest BCUT2D eigenvalue weighted by Crippen LogP contribution is 2.17. The van der Waals surface area contributed by atoms with Gasteiger partial charge in [0.15, 0.2) is 0 Å². The zero-order chi connectivity index (χ0) is 9.14. The molecular weight excluding hydrogens is 337 g/mol. The number of nitrogens with two attached hydrogens (primary N) is 1. The van der Waals surface area contributed by atoms with Crippen molar-refractivity contribution in [3.05, 3.63) is 26.0 Å². The average molecular weight is 342 g/mol. The van der Waals surface area contributed by atoms with Crippen LogP contribution in [0.3, 0.4) is 0 Å². The van der Waals surface area contributed by atoms with Crippen molar-refractivity contribution < 1.29 is 4.79 Å². The summed E-state index contributed by atoms with van der Waals surface area (Å²) < 4.78 is 1.59. The highest BCUT2D eigenvalue weighted by molar-refractivity contribution is 14.1. The molecule has 0 unspecified atom stereocenters. The predicted octanol–water partition coefficient (Wildman–Crippen LogP) is 1.05. The predicted molar refractivity (Wildman–Crippen MR) is 56.3 cm³/mol. The van der Waals surface area contributed by atoms with E-state index in [0.29, 0.717) is 5.56 Å². The number of carbonyl (C=O) groups excluding carboxylic acids is 1. The van der Waals surface area contributed by atoms with E-state index in [1.165, 1.54) is 6.20 Å². The molecular formula is C6H5BrIN3O. The van der Waals surface area contributed by atoms with E-state index in [9.17, 15) is 4.79 Å².